The molecule has 2 aromatic carbocycles. The lowest BCUT2D eigenvalue weighted by Crippen LogP contribution is -2.44. The summed E-state index contributed by atoms with van der Waals surface area (Å²) in [5, 5.41) is 12.4. The van der Waals surface area contributed by atoms with Crippen molar-refractivity contribution >= 4 is 0 Å². The lowest BCUT2D eigenvalue weighted by atomic mass is 9.51. The molecule has 0 aliphatic heterocycles. The van der Waals surface area contributed by atoms with Crippen molar-refractivity contribution in [1.82, 2.24) is 5.32 Å². The zero-order valence-corrected chi connectivity index (χ0v) is 22.8. The molecular weight excluding hydrogens is 452 g/mol. The highest BCUT2D eigenvalue weighted by Gasteiger charge is 2.48. The molecule has 0 radical (unpaired) electrons. The molecular formula is C32H47F2NO. The van der Waals surface area contributed by atoms with Gasteiger partial charge in [-0.2, -0.15) is 0 Å². The Morgan fingerprint density at radius 2 is 1.31 bits per heavy atom. The second kappa shape index (κ2) is 13.6. The molecule has 5 rings (SSSR count). The summed E-state index contributed by atoms with van der Waals surface area (Å²) < 4.78 is 27.3. The van der Waals surface area contributed by atoms with Crippen LogP contribution in [0.2, 0.25) is 0 Å². The smallest absolute Gasteiger partial charge is 0.187 e. The highest BCUT2D eigenvalue weighted by molar-refractivity contribution is 5.65. The summed E-state index contributed by atoms with van der Waals surface area (Å²) in [6.07, 6.45) is 18.7. The Morgan fingerprint density at radius 3 is 1.83 bits per heavy atom. The summed E-state index contributed by atoms with van der Waals surface area (Å²) in [6, 6.07) is 10.6. The van der Waals surface area contributed by atoms with E-state index >= 15 is 0 Å². The van der Waals surface area contributed by atoms with Crippen molar-refractivity contribution in [2.75, 3.05) is 13.6 Å². The molecule has 2 bridgehead atoms. The molecule has 0 saturated heterocycles. The van der Waals surface area contributed by atoms with E-state index in [1.807, 2.05) is 19.2 Å². The van der Waals surface area contributed by atoms with Crippen LogP contribution in [0.15, 0.2) is 36.4 Å². The lowest BCUT2D eigenvalue weighted by Gasteiger charge is -2.54. The number of fused-ring (bicyclic) bond motifs is 3. The maximum atomic E-state index is 13.7. The average molecular weight is 500 g/mol. The summed E-state index contributed by atoms with van der Waals surface area (Å²) in [4.78, 5) is 0. The van der Waals surface area contributed by atoms with Crippen LogP contribution in [0.3, 0.4) is 0 Å². The molecule has 0 spiro atoms. The van der Waals surface area contributed by atoms with Crippen molar-refractivity contribution in [2.45, 2.75) is 109 Å². The summed E-state index contributed by atoms with van der Waals surface area (Å²) in [5.41, 5.74) is 3.49. The Hall–Kier alpha value is -1.94. The SMILES string of the molecule is CCCCCC12CCC(c3ccc(-c4cc(F)c(O)c(F)c4)cc3)(CC1)CC2.CCCCCCNC. The predicted molar refractivity (Wildman–Crippen MR) is 147 cm³/mol. The second-order valence-electron chi connectivity index (χ2n) is 11.3. The summed E-state index contributed by atoms with van der Waals surface area (Å²) >= 11 is 0. The highest BCUT2D eigenvalue weighted by atomic mass is 19.1. The van der Waals surface area contributed by atoms with E-state index < -0.39 is 17.4 Å². The van der Waals surface area contributed by atoms with E-state index in [4.69, 9.17) is 0 Å². The number of hydrogen-bond donors (Lipinski definition) is 2. The van der Waals surface area contributed by atoms with Crippen LogP contribution < -0.4 is 5.32 Å². The molecule has 0 amide bonds. The fourth-order valence-electron chi connectivity index (χ4n) is 6.30. The van der Waals surface area contributed by atoms with Crippen LogP contribution in [-0.2, 0) is 5.41 Å². The van der Waals surface area contributed by atoms with Crippen LogP contribution in [0.4, 0.5) is 8.78 Å². The molecule has 0 aromatic heterocycles. The van der Waals surface area contributed by atoms with E-state index in [0.29, 0.717) is 11.0 Å². The Balaban J connectivity index is 0.000000392. The van der Waals surface area contributed by atoms with Gasteiger partial charge in [-0.05, 0) is 105 Å². The first-order chi connectivity index (χ1) is 17.4. The monoisotopic (exact) mass is 499 g/mol. The average Bonchev–Trinajstić information content (AvgIpc) is 2.91. The molecule has 3 saturated carbocycles. The number of phenols is 1. The number of halogens is 2. The van der Waals surface area contributed by atoms with Crippen LogP contribution in [0.1, 0.15) is 109 Å². The van der Waals surface area contributed by atoms with Crippen molar-refractivity contribution in [3.8, 4) is 16.9 Å². The van der Waals surface area contributed by atoms with Crippen molar-refractivity contribution < 1.29 is 13.9 Å². The molecule has 2 aromatic rings. The molecule has 200 valence electrons. The Labute approximate surface area is 217 Å². The molecule has 0 heterocycles. The van der Waals surface area contributed by atoms with Gasteiger partial charge in [-0.1, -0.05) is 76.6 Å². The van der Waals surface area contributed by atoms with Crippen LogP contribution in [-0.4, -0.2) is 18.7 Å². The van der Waals surface area contributed by atoms with E-state index in [-0.39, 0.29) is 5.41 Å². The zero-order valence-electron chi connectivity index (χ0n) is 22.8. The Bertz CT molecular complexity index is 886. The summed E-state index contributed by atoms with van der Waals surface area (Å²) in [5.74, 6) is -2.75. The molecule has 4 heteroatoms. The van der Waals surface area contributed by atoms with Crippen molar-refractivity contribution in [2.24, 2.45) is 5.41 Å². The summed E-state index contributed by atoms with van der Waals surface area (Å²) in [6.45, 7) is 5.69. The van der Waals surface area contributed by atoms with Crippen LogP contribution in [0.25, 0.3) is 11.1 Å². The Morgan fingerprint density at radius 1 is 0.750 bits per heavy atom. The number of aromatic hydroxyl groups is 1. The van der Waals surface area contributed by atoms with Gasteiger partial charge in [0.2, 0.25) is 0 Å². The molecule has 3 aliphatic carbocycles. The van der Waals surface area contributed by atoms with E-state index in [1.165, 1.54) is 114 Å². The van der Waals surface area contributed by atoms with E-state index in [1.54, 1.807) is 0 Å². The van der Waals surface area contributed by atoms with E-state index in [2.05, 4.69) is 31.3 Å². The maximum Gasteiger partial charge on any atom is 0.187 e. The zero-order chi connectivity index (χ0) is 26.0. The van der Waals surface area contributed by atoms with Gasteiger partial charge in [0.05, 0.1) is 0 Å². The molecule has 3 aliphatic rings. The van der Waals surface area contributed by atoms with Crippen LogP contribution in [0, 0.1) is 17.0 Å². The quantitative estimate of drug-likeness (QED) is 0.302. The first-order valence-corrected chi connectivity index (χ1v) is 14.3. The van der Waals surface area contributed by atoms with Crippen molar-refractivity contribution in [1.29, 1.82) is 0 Å². The first kappa shape index (κ1) is 28.6. The number of phenolic OH excluding ortho intramolecular Hbond substituents is 1. The molecule has 36 heavy (non-hydrogen) atoms. The molecule has 3 fully saturated rings. The minimum Gasteiger partial charge on any atom is -0.503 e. The number of hydrogen-bond acceptors (Lipinski definition) is 2. The van der Waals surface area contributed by atoms with Gasteiger partial charge in [0.15, 0.2) is 17.4 Å². The van der Waals surface area contributed by atoms with Gasteiger partial charge < -0.3 is 10.4 Å². The minimum absolute atomic E-state index is 0.288. The number of unbranched alkanes of at least 4 members (excludes halogenated alkanes) is 5. The van der Waals surface area contributed by atoms with Gasteiger partial charge in [0, 0.05) is 0 Å². The third-order valence-electron chi connectivity index (χ3n) is 8.84. The van der Waals surface area contributed by atoms with E-state index in [0.717, 1.165) is 5.56 Å². The van der Waals surface area contributed by atoms with Crippen LogP contribution >= 0.6 is 0 Å². The van der Waals surface area contributed by atoms with Crippen molar-refractivity contribution in [3.05, 3.63) is 53.6 Å². The predicted octanol–water partition coefficient (Wildman–Crippen LogP) is 9.30. The third-order valence-corrected chi connectivity index (χ3v) is 8.84. The fraction of sp³-hybridized carbons (Fsp3) is 0.625. The molecule has 2 N–H and O–H groups in total. The largest absolute Gasteiger partial charge is 0.503 e. The Kier molecular flexibility index (Phi) is 10.8. The minimum atomic E-state index is -0.920. The second-order valence-corrected chi connectivity index (χ2v) is 11.3. The normalized spacial score (nSPS) is 22.8. The number of benzene rings is 2. The van der Waals surface area contributed by atoms with Gasteiger partial charge in [-0.3, -0.25) is 0 Å². The van der Waals surface area contributed by atoms with Gasteiger partial charge in [-0.15, -0.1) is 0 Å². The molecule has 0 atom stereocenters. The molecule has 2 nitrogen and oxygen atoms in total. The van der Waals surface area contributed by atoms with Gasteiger partial charge in [0.1, 0.15) is 0 Å². The number of rotatable bonds is 11. The van der Waals surface area contributed by atoms with E-state index in [9.17, 15) is 13.9 Å². The summed E-state index contributed by atoms with van der Waals surface area (Å²) in [7, 11) is 2.01. The topological polar surface area (TPSA) is 32.3 Å². The standard InChI is InChI=1S/C25H30F2O.C7H17N/c1-2-3-4-9-24-10-13-25(14-11-24,15-12-24)20-7-5-18(6-8-20)19-16-21(26)23(28)22(27)17-19;1-3-4-5-6-7-8-2/h5-8,16-17,28H,2-4,9-15H2,1H3;8H,3-7H2,1-2H3. The molecule has 0 unspecified atom stereocenters. The van der Waals surface area contributed by atoms with Crippen molar-refractivity contribution in [3.63, 3.8) is 0 Å². The number of nitrogens with one attached hydrogen (secondary N) is 1. The third kappa shape index (κ3) is 7.09. The van der Waals surface area contributed by atoms with Crippen LogP contribution in [0.5, 0.6) is 5.75 Å². The van der Waals surface area contributed by atoms with Gasteiger partial charge >= 0.3 is 0 Å². The van der Waals surface area contributed by atoms with Gasteiger partial charge in [-0.25, -0.2) is 8.78 Å². The maximum absolute atomic E-state index is 13.7. The lowest BCUT2D eigenvalue weighted by molar-refractivity contribution is 0.0305. The van der Waals surface area contributed by atoms with Gasteiger partial charge in [0.25, 0.3) is 0 Å². The first-order valence-electron chi connectivity index (χ1n) is 14.3. The fourth-order valence-corrected chi connectivity index (χ4v) is 6.30. The highest BCUT2D eigenvalue weighted by Crippen LogP contribution is 2.59.